The molecule has 2 aromatic rings. The summed E-state index contributed by atoms with van der Waals surface area (Å²) < 4.78 is 4.69. The molecule has 2 aromatic carbocycles. The Morgan fingerprint density at radius 2 is 1.95 bits per heavy atom. The van der Waals surface area contributed by atoms with Crippen LogP contribution in [0.5, 0.6) is 0 Å². The molecule has 0 aliphatic carbocycles. The number of methoxy groups -OCH3 is 1. The van der Waals surface area contributed by atoms with E-state index in [0.29, 0.717) is 27.1 Å². The molecule has 21 heavy (non-hydrogen) atoms. The van der Waals surface area contributed by atoms with Gasteiger partial charge in [0, 0.05) is 11.4 Å². The van der Waals surface area contributed by atoms with Crippen LogP contribution in [0.4, 0.5) is 17.1 Å². The van der Waals surface area contributed by atoms with Gasteiger partial charge in [0.05, 0.1) is 28.4 Å². The summed E-state index contributed by atoms with van der Waals surface area (Å²) >= 11 is 12.4. The predicted octanol–water partition coefficient (Wildman–Crippen LogP) is 4.41. The monoisotopic (exact) mass is 324 g/mol. The number of hydrogen-bond donors (Lipinski definition) is 2. The number of esters is 1. The van der Waals surface area contributed by atoms with Gasteiger partial charge < -0.3 is 15.8 Å². The van der Waals surface area contributed by atoms with E-state index in [-0.39, 0.29) is 5.56 Å². The summed E-state index contributed by atoms with van der Waals surface area (Å²) in [5.41, 5.74) is 8.50. The van der Waals surface area contributed by atoms with Crippen LogP contribution in [0, 0.1) is 6.92 Å². The van der Waals surface area contributed by atoms with Crippen molar-refractivity contribution in [3.8, 4) is 0 Å². The minimum atomic E-state index is -0.502. The van der Waals surface area contributed by atoms with Crippen molar-refractivity contribution in [3.05, 3.63) is 51.5 Å². The number of halogens is 2. The Morgan fingerprint density at radius 1 is 1.24 bits per heavy atom. The zero-order valence-corrected chi connectivity index (χ0v) is 13.0. The number of carbonyl (C=O) groups is 1. The van der Waals surface area contributed by atoms with Crippen LogP contribution in [-0.4, -0.2) is 13.1 Å². The summed E-state index contributed by atoms with van der Waals surface area (Å²) in [6.45, 7) is 1.88. The maximum absolute atomic E-state index is 11.6. The lowest BCUT2D eigenvalue weighted by Gasteiger charge is -2.13. The molecule has 0 saturated carbocycles. The van der Waals surface area contributed by atoms with Crippen LogP contribution in [0.1, 0.15) is 15.9 Å². The number of nitrogens with one attached hydrogen (secondary N) is 1. The molecule has 2 rings (SSSR count). The lowest BCUT2D eigenvalue weighted by Crippen LogP contribution is -2.06. The Bertz CT molecular complexity index is 702. The fourth-order valence-electron chi connectivity index (χ4n) is 1.84. The van der Waals surface area contributed by atoms with E-state index < -0.39 is 5.97 Å². The van der Waals surface area contributed by atoms with E-state index >= 15 is 0 Å². The molecule has 0 radical (unpaired) electrons. The number of nitrogens with two attached hydrogens (primary N) is 1. The van der Waals surface area contributed by atoms with Gasteiger partial charge in [0.2, 0.25) is 0 Å². The third-order valence-electron chi connectivity index (χ3n) is 3.01. The number of aryl methyl sites for hydroxylation is 1. The van der Waals surface area contributed by atoms with Gasteiger partial charge in [-0.2, -0.15) is 0 Å². The zero-order chi connectivity index (χ0) is 15.6. The van der Waals surface area contributed by atoms with Crippen LogP contribution < -0.4 is 11.1 Å². The standard InChI is InChI=1S/C15H14Cl2N2O2/c1-8-3-5-11(16)14(13(8)17)19-9-4-6-12(18)10(7-9)15(20)21-2/h3-7,19H,18H2,1-2H3. The van der Waals surface area contributed by atoms with Crippen molar-refractivity contribution in [1.82, 2.24) is 0 Å². The molecule has 0 amide bonds. The molecular weight excluding hydrogens is 311 g/mol. The van der Waals surface area contributed by atoms with Gasteiger partial charge in [-0.15, -0.1) is 0 Å². The highest BCUT2D eigenvalue weighted by molar-refractivity contribution is 6.39. The molecule has 0 unspecified atom stereocenters. The minimum Gasteiger partial charge on any atom is -0.465 e. The number of rotatable bonds is 3. The molecule has 0 aromatic heterocycles. The highest BCUT2D eigenvalue weighted by Gasteiger charge is 2.13. The Balaban J connectivity index is 2.41. The number of anilines is 3. The average molecular weight is 325 g/mol. The van der Waals surface area contributed by atoms with Crippen molar-refractivity contribution in [2.24, 2.45) is 0 Å². The molecule has 0 aliphatic heterocycles. The SMILES string of the molecule is COC(=O)c1cc(Nc2c(Cl)ccc(C)c2Cl)ccc1N. The van der Waals surface area contributed by atoms with Crippen LogP contribution in [0.2, 0.25) is 10.0 Å². The topological polar surface area (TPSA) is 64.3 Å². The summed E-state index contributed by atoms with van der Waals surface area (Å²) in [6.07, 6.45) is 0. The summed E-state index contributed by atoms with van der Waals surface area (Å²) in [7, 11) is 1.30. The minimum absolute atomic E-state index is 0.280. The lowest BCUT2D eigenvalue weighted by atomic mass is 10.1. The second-order valence-electron chi connectivity index (χ2n) is 4.47. The first-order valence-corrected chi connectivity index (χ1v) is 6.89. The van der Waals surface area contributed by atoms with Crippen molar-refractivity contribution in [3.63, 3.8) is 0 Å². The van der Waals surface area contributed by atoms with E-state index in [1.807, 2.05) is 13.0 Å². The van der Waals surface area contributed by atoms with E-state index in [9.17, 15) is 4.79 Å². The molecule has 3 N–H and O–H groups in total. The average Bonchev–Trinajstić information content (AvgIpc) is 2.48. The molecule has 6 heteroatoms. The smallest absolute Gasteiger partial charge is 0.340 e. The Kier molecular flexibility index (Phi) is 4.60. The number of ether oxygens (including phenoxy) is 1. The molecule has 0 saturated heterocycles. The highest BCUT2D eigenvalue weighted by Crippen LogP contribution is 2.35. The van der Waals surface area contributed by atoms with Crippen molar-refractivity contribution in [2.45, 2.75) is 6.92 Å². The highest BCUT2D eigenvalue weighted by atomic mass is 35.5. The van der Waals surface area contributed by atoms with Gasteiger partial charge in [-0.3, -0.25) is 0 Å². The van der Waals surface area contributed by atoms with Crippen molar-refractivity contribution in [1.29, 1.82) is 0 Å². The molecule has 0 aliphatic rings. The van der Waals surface area contributed by atoms with Gasteiger partial charge in [-0.05, 0) is 36.8 Å². The van der Waals surface area contributed by atoms with Gasteiger partial charge in [-0.25, -0.2) is 4.79 Å². The predicted molar refractivity (Wildman–Crippen MR) is 86.7 cm³/mol. The quantitative estimate of drug-likeness (QED) is 0.648. The fraction of sp³-hybridized carbons (Fsp3) is 0.133. The fourth-order valence-corrected chi connectivity index (χ4v) is 2.30. The largest absolute Gasteiger partial charge is 0.465 e. The molecule has 110 valence electrons. The van der Waals surface area contributed by atoms with Gasteiger partial charge in [0.1, 0.15) is 0 Å². The molecule has 0 spiro atoms. The van der Waals surface area contributed by atoms with E-state index in [2.05, 4.69) is 5.32 Å². The maximum atomic E-state index is 11.6. The first-order chi connectivity index (χ1) is 9.93. The van der Waals surface area contributed by atoms with Crippen LogP contribution >= 0.6 is 23.2 Å². The Morgan fingerprint density at radius 3 is 2.62 bits per heavy atom. The number of nitrogen functional groups attached to an aromatic ring is 1. The normalized spacial score (nSPS) is 10.3. The van der Waals surface area contributed by atoms with Gasteiger partial charge >= 0.3 is 5.97 Å². The third-order valence-corrected chi connectivity index (χ3v) is 3.81. The van der Waals surface area contributed by atoms with Crippen molar-refractivity contribution < 1.29 is 9.53 Å². The molecule has 0 heterocycles. The molecule has 0 atom stereocenters. The van der Waals surface area contributed by atoms with Gasteiger partial charge in [0.15, 0.2) is 0 Å². The summed E-state index contributed by atoms with van der Waals surface area (Å²) in [5.74, 6) is -0.502. The summed E-state index contributed by atoms with van der Waals surface area (Å²) in [4.78, 5) is 11.6. The van der Waals surface area contributed by atoms with E-state index in [1.54, 1.807) is 24.3 Å². The molecular formula is C15H14Cl2N2O2. The molecule has 0 fully saturated rings. The summed E-state index contributed by atoms with van der Waals surface area (Å²) in [5, 5.41) is 4.12. The first kappa shape index (κ1) is 15.5. The third kappa shape index (κ3) is 3.23. The van der Waals surface area contributed by atoms with Crippen LogP contribution in [0.25, 0.3) is 0 Å². The van der Waals surface area contributed by atoms with E-state index in [4.69, 9.17) is 33.7 Å². The second kappa shape index (κ2) is 6.24. The number of carbonyl (C=O) groups excluding carboxylic acids is 1. The Hall–Kier alpha value is -1.91. The second-order valence-corrected chi connectivity index (χ2v) is 5.26. The number of benzene rings is 2. The van der Waals surface area contributed by atoms with Crippen LogP contribution in [0.3, 0.4) is 0 Å². The van der Waals surface area contributed by atoms with Gasteiger partial charge in [0.25, 0.3) is 0 Å². The number of hydrogen-bond acceptors (Lipinski definition) is 4. The molecule has 0 bridgehead atoms. The van der Waals surface area contributed by atoms with Crippen molar-refractivity contribution >= 4 is 46.2 Å². The zero-order valence-electron chi connectivity index (χ0n) is 11.5. The first-order valence-electron chi connectivity index (χ1n) is 6.13. The van der Waals surface area contributed by atoms with Crippen LogP contribution in [-0.2, 0) is 4.74 Å². The van der Waals surface area contributed by atoms with Gasteiger partial charge in [-0.1, -0.05) is 29.3 Å². The Labute approximate surface area is 132 Å². The maximum Gasteiger partial charge on any atom is 0.340 e. The van der Waals surface area contributed by atoms with Crippen LogP contribution in [0.15, 0.2) is 30.3 Å². The van der Waals surface area contributed by atoms with E-state index in [1.165, 1.54) is 7.11 Å². The van der Waals surface area contributed by atoms with E-state index in [0.717, 1.165) is 5.56 Å². The lowest BCUT2D eigenvalue weighted by molar-refractivity contribution is 0.0602. The van der Waals surface area contributed by atoms with Crippen molar-refractivity contribution in [2.75, 3.05) is 18.2 Å². The summed E-state index contributed by atoms with van der Waals surface area (Å²) in [6, 6.07) is 8.53. The molecule has 4 nitrogen and oxygen atoms in total.